The number of nitrogens with zero attached hydrogens (tertiary/aromatic N) is 1. The molecule has 5 heteroatoms. The third-order valence-corrected chi connectivity index (χ3v) is 3.38. The van der Waals surface area contributed by atoms with E-state index >= 15 is 0 Å². The third-order valence-electron chi connectivity index (χ3n) is 2.26. The Labute approximate surface area is 114 Å². The van der Waals surface area contributed by atoms with E-state index in [9.17, 15) is 4.79 Å². The minimum Gasteiger partial charge on any atom is -0.466 e. The van der Waals surface area contributed by atoms with Crippen LogP contribution in [0.2, 0.25) is 0 Å². The third kappa shape index (κ3) is 3.48. The van der Waals surface area contributed by atoms with Crippen LogP contribution in [0.15, 0.2) is 17.0 Å². The predicted octanol–water partition coefficient (Wildman–Crippen LogP) is 2.85. The van der Waals surface area contributed by atoms with Crippen molar-refractivity contribution in [2.24, 2.45) is 0 Å². The summed E-state index contributed by atoms with van der Waals surface area (Å²) in [6, 6.07) is 5.54. The van der Waals surface area contributed by atoms with Crippen LogP contribution in [0.25, 0.3) is 0 Å². The average Bonchev–Trinajstić information content (AvgIpc) is 2.31. The Kier molecular flexibility index (Phi) is 5.52. The van der Waals surface area contributed by atoms with Crippen molar-refractivity contribution in [1.82, 2.24) is 0 Å². The first-order valence-corrected chi connectivity index (χ1v) is 6.66. The molecule has 0 atom stereocenters. The molecule has 0 aliphatic heterocycles. The number of rotatable bonds is 4. The van der Waals surface area contributed by atoms with E-state index in [1.54, 1.807) is 19.1 Å². The summed E-state index contributed by atoms with van der Waals surface area (Å²) >= 11 is 7.68. The van der Waals surface area contributed by atoms with E-state index in [4.69, 9.17) is 10.00 Å². The Bertz CT molecular complexity index is 468. The number of carbonyl (C=O) groups is 1. The highest BCUT2D eigenvalue weighted by Crippen LogP contribution is 2.25. The Balaban J connectivity index is 3.03. The first kappa shape index (κ1) is 14.1. The summed E-state index contributed by atoms with van der Waals surface area (Å²) in [4.78, 5) is 12.1. The number of alkyl halides is 1. The fourth-order valence-corrected chi connectivity index (χ4v) is 2.59. The molecule has 0 saturated carbocycles. The fraction of sp³-hybridized carbons (Fsp3) is 0.333. The van der Waals surface area contributed by atoms with Gasteiger partial charge in [-0.05, 0) is 24.1 Å². The highest BCUT2D eigenvalue weighted by molar-refractivity contribution is 9.08. The van der Waals surface area contributed by atoms with Gasteiger partial charge in [-0.15, -0.1) is 12.6 Å². The first-order chi connectivity index (χ1) is 8.13. The number of esters is 1. The van der Waals surface area contributed by atoms with Crippen molar-refractivity contribution in [3.05, 3.63) is 28.8 Å². The molecule has 0 fully saturated rings. The molecule has 0 N–H and O–H groups in total. The van der Waals surface area contributed by atoms with Gasteiger partial charge < -0.3 is 4.74 Å². The van der Waals surface area contributed by atoms with E-state index in [0.29, 0.717) is 22.4 Å². The first-order valence-electron chi connectivity index (χ1n) is 5.09. The number of nitriles is 1. The van der Waals surface area contributed by atoms with E-state index in [-0.39, 0.29) is 12.4 Å². The summed E-state index contributed by atoms with van der Waals surface area (Å²) in [6.07, 6.45) is 0.179. The van der Waals surface area contributed by atoms with Gasteiger partial charge in [-0.25, -0.2) is 0 Å². The zero-order chi connectivity index (χ0) is 12.8. The van der Waals surface area contributed by atoms with Gasteiger partial charge in [-0.2, -0.15) is 5.26 Å². The van der Waals surface area contributed by atoms with Gasteiger partial charge in [0.25, 0.3) is 0 Å². The Hall–Kier alpha value is -0.990. The molecule has 0 heterocycles. The molecule has 1 aromatic carbocycles. The predicted molar refractivity (Wildman–Crippen MR) is 71.4 cm³/mol. The quantitative estimate of drug-likeness (QED) is 0.528. The van der Waals surface area contributed by atoms with Crippen molar-refractivity contribution in [3.8, 4) is 6.07 Å². The van der Waals surface area contributed by atoms with Gasteiger partial charge in [0.2, 0.25) is 0 Å². The minimum absolute atomic E-state index is 0.179. The van der Waals surface area contributed by atoms with Crippen molar-refractivity contribution in [2.45, 2.75) is 23.6 Å². The van der Waals surface area contributed by atoms with Crippen LogP contribution in [0, 0.1) is 11.3 Å². The molecule has 0 aromatic heterocycles. The Morgan fingerprint density at radius 3 is 2.82 bits per heavy atom. The second-order valence-electron chi connectivity index (χ2n) is 3.33. The van der Waals surface area contributed by atoms with Crippen LogP contribution in [0.5, 0.6) is 0 Å². The van der Waals surface area contributed by atoms with Gasteiger partial charge in [-0.3, -0.25) is 4.79 Å². The van der Waals surface area contributed by atoms with Gasteiger partial charge >= 0.3 is 5.97 Å². The maximum absolute atomic E-state index is 11.4. The van der Waals surface area contributed by atoms with Gasteiger partial charge in [0.15, 0.2) is 0 Å². The number of hydrogen-bond donors (Lipinski definition) is 1. The van der Waals surface area contributed by atoms with Crippen LogP contribution in [0.1, 0.15) is 23.6 Å². The molecule has 1 aromatic rings. The molecule has 1 rings (SSSR count). The molecule has 17 heavy (non-hydrogen) atoms. The van der Waals surface area contributed by atoms with Crippen molar-refractivity contribution in [2.75, 3.05) is 6.61 Å². The molecular weight excluding hydrogens is 302 g/mol. The summed E-state index contributed by atoms with van der Waals surface area (Å²) in [7, 11) is 0. The maximum atomic E-state index is 11.4. The molecule has 90 valence electrons. The monoisotopic (exact) mass is 313 g/mol. The van der Waals surface area contributed by atoms with E-state index in [1.165, 1.54) is 0 Å². The molecular formula is C12H12BrNO2S. The number of ether oxygens (including phenoxy) is 1. The largest absolute Gasteiger partial charge is 0.466 e. The van der Waals surface area contributed by atoms with Crippen molar-refractivity contribution in [3.63, 3.8) is 0 Å². The van der Waals surface area contributed by atoms with E-state index in [0.717, 1.165) is 11.1 Å². The Morgan fingerprint density at radius 2 is 2.29 bits per heavy atom. The second-order valence-corrected chi connectivity index (χ2v) is 4.33. The zero-order valence-electron chi connectivity index (χ0n) is 9.36. The summed E-state index contributed by atoms with van der Waals surface area (Å²) in [5.74, 6) is -0.284. The average molecular weight is 314 g/mol. The highest BCUT2D eigenvalue weighted by atomic mass is 79.9. The summed E-state index contributed by atoms with van der Waals surface area (Å²) in [5, 5.41) is 9.47. The lowest BCUT2D eigenvalue weighted by atomic mass is 10.0. The van der Waals surface area contributed by atoms with Gasteiger partial charge in [0.05, 0.1) is 24.7 Å². The molecule has 0 unspecified atom stereocenters. The molecule has 0 bridgehead atoms. The van der Waals surface area contributed by atoms with Crippen LogP contribution in [-0.4, -0.2) is 12.6 Å². The van der Waals surface area contributed by atoms with Crippen LogP contribution >= 0.6 is 28.6 Å². The summed E-state index contributed by atoms with van der Waals surface area (Å²) < 4.78 is 4.88. The van der Waals surface area contributed by atoms with E-state index in [1.807, 2.05) is 0 Å². The fourth-order valence-electron chi connectivity index (χ4n) is 1.44. The normalized spacial score (nSPS) is 9.76. The molecule has 0 aliphatic carbocycles. The lowest BCUT2D eigenvalue weighted by Gasteiger charge is -2.10. The standard InChI is InChI=1S/C12H12BrNO2S/c1-2-16-11(15)5-8-3-4-9(7-14)10(6-13)12(8)17/h3-4,17H,2,5-6H2,1H3. The minimum atomic E-state index is -0.284. The van der Waals surface area contributed by atoms with Crippen LogP contribution in [0.3, 0.4) is 0 Å². The van der Waals surface area contributed by atoms with Crippen LogP contribution in [-0.2, 0) is 21.3 Å². The maximum Gasteiger partial charge on any atom is 0.310 e. The lowest BCUT2D eigenvalue weighted by molar-refractivity contribution is -0.142. The smallest absolute Gasteiger partial charge is 0.310 e. The number of benzene rings is 1. The highest BCUT2D eigenvalue weighted by Gasteiger charge is 2.12. The summed E-state index contributed by atoms with van der Waals surface area (Å²) in [6.45, 7) is 2.13. The lowest BCUT2D eigenvalue weighted by Crippen LogP contribution is -2.09. The number of halogens is 1. The zero-order valence-corrected chi connectivity index (χ0v) is 11.8. The van der Waals surface area contributed by atoms with Gasteiger partial charge in [0, 0.05) is 10.2 Å². The van der Waals surface area contributed by atoms with Gasteiger partial charge in [-0.1, -0.05) is 22.0 Å². The second kappa shape index (κ2) is 6.67. The molecule has 3 nitrogen and oxygen atoms in total. The van der Waals surface area contributed by atoms with Crippen LogP contribution in [0.4, 0.5) is 0 Å². The molecule has 0 spiro atoms. The van der Waals surface area contributed by atoms with Crippen LogP contribution < -0.4 is 0 Å². The molecule has 0 radical (unpaired) electrons. The van der Waals surface area contributed by atoms with E-state index < -0.39 is 0 Å². The molecule has 0 aliphatic rings. The van der Waals surface area contributed by atoms with Gasteiger partial charge in [0.1, 0.15) is 0 Å². The Morgan fingerprint density at radius 1 is 1.59 bits per heavy atom. The molecule has 0 amide bonds. The number of carbonyl (C=O) groups excluding carboxylic acids is 1. The summed E-state index contributed by atoms with van der Waals surface area (Å²) in [5.41, 5.74) is 2.15. The SMILES string of the molecule is CCOC(=O)Cc1ccc(C#N)c(CBr)c1S. The van der Waals surface area contributed by atoms with E-state index in [2.05, 4.69) is 34.6 Å². The van der Waals surface area contributed by atoms with Crippen molar-refractivity contribution in [1.29, 1.82) is 5.26 Å². The molecule has 0 saturated heterocycles. The number of thiol groups is 1. The number of hydrogen-bond acceptors (Lipinski definition) is 4. The van der Waals surface area contributed by atoms with Crippen molar-refractivity contribution >= 4 is 34.5 Å². The van der Waals surface area contributed by atoms with Crippen molar-refractivity contribution < 1.29 is 9.53 Å². The topological polar surface area (TPSA) is 50.1 Å².